The Kier molecular flexibility index (Phi) is 4.28. The van der Waals surface area contributed by atoms with E-state index in [-0.39, 0.29) is 0 Å². The lowest BCUT2D eigenvalue weighted by Crippen LogP contribution is -2.05. The van der Waals surface area contributed by atoms with Crippen LogP contribution in [0.1, 0.15) is 47.7 Å². The fraction of sp³-hybridized carbons (Fsp3) is 0.333. The molecule has 0 fully saturated rings. The smallest absolute Gasteiger partial charge is 0.148 e. The van der Waals surface area contributed by atoms with Crippen LogP contribution < -0.4 is 5.32 Å². The van der Waals surface area contributed by atoms with Gasteiger partial charge in [-0.05, 0) is 49.4 Å². The van der Waals surface area contributed by atoms with E-state index in [1.165, 1.54) is 5.56 Å². The number of pyridine rings is 1. The van der Waals surface area contributed by atoms with Gasteiger partial charge in [0, 0.05) is 11.4 Å². The highest BCUT2D eigenvalue weighted by atomic mass is 15.0. The van der Waals surface area contributed by atoms with Crippen molar-refractivity contribution in [1.82, 2.24) is 4.98 Å². The number of benzene rings is 1. The van der Waals surface area contributed by atoms with Crippen molar-refractivity contribution in [2.45, 2.75) is 40.5 Å². The summed E-state index contributed by atoms with van der Waals surface area (Å²) in [7, 11) is 0. The van der Waals surface area contributed by atoms with Gasteiger partial charge in [-0.3, -0.25) is 0 Å². The number of nitrogens with zero attached hydrogens (tertiary/aromatic N) is 2. The molecule has 108 valence electrons. The molecular formula is C18H21N3. The van der Waals surface area contributed by atoms with Gasteiger partial charge < -0.3 is 5.32 Å². The lowest BCUT2D eigenvalue weighted by atomic mass is 9.98. The Bertz CT molecular complexity index is 709. The van der Waals surface area contributed by atoms with Gasteiger partial charge in [0.15, 0.2) is 0 Å². The molecule has 0 saturated carbocycles. The molecule has 1 heterocycles. The van der Waals surface area contributed by atoms with Crippen molar-refractivity contribution in [3.05, 3.63) is 52.2 Å². The molecule has 1 aromatic heterocycles. The summed E-state index contributed by atoms with van der Waals surface area (Å²) in [4.78, 5) is 4.51. The zero-order valence-corrected chi connectivity index (χ0v) is 13.3. The van der Waals surface area contributed by atoms with Crippen molar-refractivity contribution in [2.75, 3.05) is 5.32 Å². The molecule has 0 radical (unpaired) electrons. The molecule has 3 heteroatoms. The average Bonchev–Trinajstić information content (AvgIpc) is 2.40. The lowest BCUT2D eigenvalue weighted by molar-refractivity contribution is 0.867. The highest BCUT2D eigenvalue weighted by Gasteiger charge is 2.13. The molecule has 0 aliphatic rings. The number of aromatic nitrogens is 1. The van der Waals surface area contributed by atoms with Crippen molar-refractivity contribution in [3.8, 4) is 6.07 Å². The van der Waals surface area contributed by atoms with Crippen LogP contribution in [0.3, 0.4) is 0 Å². The summed E-state index contributed by atoms with van der Waals surface area (Å²) in [5.74, 6) is 1.05. The molecule has 1 aromatic carbocycles. The summed E-state index contributed by atoms with van der Waals surface area (Å²) >= 11 is 0. The van der Waals surface area contributed by atoms with Crippen molar-refractivity contribution in [2.24, 2.45) is 0 Å². The van der Waals surface area contributed by atoms with E-state index < -0.39 is 0 Å². The molecular weight excluding hydrogens is 258 g/mol. The Hall–Kier alpha value is -2.34. The Morgan fingerprint density at radius 2 is 1.86 bits per heavy atom. The molecule has 21 heavy (non-hydrogen) atoms. The predicted octanol–water partition coefficient (Wildman–Crippen LogP) is 4.75. The molecule has 0 saturated heterocycles. The molecule has 0 aliphatic heterocycles. The Morgan fingerprint density at radius 1 is 1.14 bits per heavy atom. The fourth-order valence-corrected chi connectivity index (χ4v) is 2.53. The van der Waals surface area contributed by atoms with Crippen molar-refractivity contribution in [3.63, 3.8) is 0 Å². The number of aryl methyl sites for hydroxylation is 3. The monoisotopic (exact) mass is 279 g/mol. The number of rotatable bonds is 3. The van der Waals surface area contributed by atoms with E-state index in [9.17, 15) is 5.26 Å². The van der Waals surface area contributed by atoms with E-state index in [1.54, 1.807) is 0 Å². The maximum absolute atomic E-state index is 9.39. The first-order valence-electron chi connectivity index (χ1n) is 7.19. The third-order valence-electron chi connectivity index (χ3n) is 3.63. The van der Waals surface area contributed by atoms with E-state index in [0.717, 1.165) is 22.5 Å². The van der Waals surface area contributed by atoms with Crippen LogP contribution in [-0.2, 0) is 0 Å². The van der Waals surface area contributed by atoms with Gasteiger partial charge >= 0.3 is 0 Å². The maximum atomic E-state index is 9.39. The SMILES string of the molecule is Cc1cc(C)c(C#N)c(Nc2c(C)cccc2C(C)C)n1. The van der Waals surface area contributed by atoms with Crippen LogP contribution in [0.15, 0.2) is 24.3 Å². The predicted molar refractivity (Wildman–Crippen MR) is 87.0 cm³/mol. The standard InChI is InChI=1S/C18H21N3/c1-11(2)15-8-6-7-12(3)17(15)21-18-16(10-19)13(4)9-14(5)20-18/h6-9,11H,1-5H3,(H,20,21). The van der Waals surface area contributed by atoms with Crippen LogP contribution in [-0.4, -0.2) is 4.98 Å². The Labute approximate surface area is 126 Å². The highest BCUT2D eigenvalue weighted by molar-refractivity contribution is 5.70. The normalized spacial score (nSPS) is 10.5. The van der Waals surface area contributed by atoms with E-state index >= 15 is 0 Å². The van der Waals surface area contributed by atoms with E-state index in [4.69, 9.17) is 0 Å². The largest absolute Gasteiger partial charge is 0.339 e. The number of hydrogen-bond acceptors (Lipinski definition) is 3. The van der Waals surface area contributed by atoms with Crippen molar-refractivity contribution >= 4 is 11.5 Å². The number of hydrogen-bond donors (Lipinski definition) is 1. The summed E-state index contributed by atoms with van der Waals surface area (Å²) in [5.41, 5.74) is 5.92. The maximum Gasteiger partial charge on any atom is 0.148 e. The summed E-state index contributed by atoms with van der Waals surface area (Å²) in [6, 6.07) is 10.4. The number of anilines is 2. The van der Waals surface area contributed by atoms with Crippen LogP contribution >= 0.6 is 0 Å². The van der Waals surface area contributed by atoms with Crippen LogP contribution in [0.4, 0.5) is 11.5 Å². The lowest BCUT2D eigenvalue weighted by Gasteiger charge is -2.18. The Balaban J connectivity index is 2.56. The van der Waals surface area contributed by atoms with E-state index in [1.807, 2.05) is 19.9 Å². The second-order valence-corrected chi connectivity index (χ2v) is 5.73. The van der Waals surface area contributed by atoms with Gasteiger partial charge in [-0.2, -0.15) is 5.26 Å². The molecule has 0 bridgehead atoms. The quantitative estimate of drug-likeness (QED) is 0.882. The zero-order chi connectivity index (χ0) is 15.6. The zero-order valence-electron chi connectivity index (χ0n) is 13.3. The van der Waals surface area contributed by atoms with Crippen LogP contribution in [0.5, 0.6) is 0 Å². The molecule has 3 nitrogen and oxygen atoms in total. The second kappa shape index (κ2) is 5.97. The van der Waals surface area contributed by atoms with E-state index in [2.05, 4.69) is 55.3 Å². The summed E-state index contributed by atoms with van der Waals surface area (Å²) in [6.45, 7) is 10.3. The minimum absolute atomic E-state index is 0.406. The molecule has 0 atom stereocenters. The van der Waals surface area contributed by atoms with Gasteiger partial charge in [0.1, 0.15) is 11.9 Å². The minimum atomic E-state index is 0.406. The van der Waals surface area contributed by atoms with Crippen LogP contribution in [0, 0.1) is 32.1 Å². The minimum Gasteiger partial charge on any atom is -0.339 e. The van der Waals surface area contributed by atoms with Gasteiger partial charge in [-0.1, -0.05) is 32.0 Å². The molecule has 0 amide bonds. The number of nitriles is 1. The first-order chi connectivity index (χ1) is 9.93. The summed E-state index contributed by atoms with van der Waals surface area (Å²) < 4.78 is 0. The molecule has 0 unspecified atom stereocenters. The Morgan fingerprint density at radius 3 is 2.48 bits per heavy atom. The topological polar surface area (TPSA) is 48.7 Å². The molecule has 0 aliphatic carbocycles. The van der Waals surface area contributed by atoms with Crippen molar-refractivity contribution < 1.29 is 0 Å². The highest BCUT2D eigenvalue weighted by Crippen LogP contribution is 2.31. The van der Waals surface area contributed by atoms with E-state index in [0.29, 0.717) is 17.3 Å². The summed E-state index contributed by atoms with van der Waals surface area (Å²) in [5, 5.41) is 12.8. The second-order valence-electron chi connectivity index (χ2n) is 5.73. The molecule has 1 N–H and O–H groups in total. The van der Waals surface area contributed by atoms with Crippen LogP contribution in [0.2, 0.25) is 0 Å². The van der Waals surface area contributed by atoms with Crippen LogP contribution in [0.25, 0.3) is 0 Å². The fourth-order valence-electron chi connectivity index (χ4n) is 2.53. The van der Waals surface area contributed by atoms with Gasteiger partial charge in [0.2, 0.25) is 0 Å². The molecule has 2 aromatic rings. The summed E-state index contributed by atoms with van der Waals surface area (Å²) in [6.07, 6.45) is 0. The van der Waals surface area contributed by atoms with Crippen molar-refractivity contribution in [1.29, 1.82) is 5.26 Å². The average molecular weight is 279 g/mol. The van der Waals surface area contributed by atoms with Gasteiger partial charge in [0.05, 0.1) is 5.56 Å². The third kappa shape index (κ3) is 3.05. The first-order valence-corrected chi connectivity index (χ1v) is 7.19. The van der Waals surface area contributed by atoms with Gasteiger partial charge in [0.25, 0.3) is 0 Å². The molecule has 0 spiro atoms. The van der Waals surface area contributed by atoms with Gasteiger partial charge in [-0.25, -0.2) is 4.98 Å². The third-order valence-corrected chi connectivity index (χ3v) is 3.63. The van der Waals surface area contributed by atoms with Gasteiger partial charge in [-0.15, -0.1) is 0 Å². The number of para-hydroxylation sites is 1. The first kappa shape index (κ1) is 15.1. The molecule has 2 rings (SSSR count). The number of nitrogens with one attached hydrogen (secondary N) is 1.